The van der Waals surface area contributed by atoms with Crippen LogP contribution in [-0.4, -0.2) is 117 Å². The van der Waals surface area contributed by atoms with E-state index in [4.69, 9.17) is 40.0 Å². The van der Waals surface area contributed by atoms with Gasteiger partial charge in [-0.25, -0.2) is 0 Å². The van der Waals surface area contributed by atoms with Crippen molar-refractivity contribution < 1.29 is 48.8 Å². The van der Waals surface area contributed by atoms with Crippen LogP contribution in [-0.2, 0) is 28.4 Å². The van der Waals surface area contributed by atoms with Gasteiger partial charge in [-0.05, 0) is 0 Å². The molecule has 0 aliphatic carbocycles. The van der Waals surface area contributed by atoms with Gasteiger partial charge in [-0.3, -0.25) is 0 Å². The maximum absolute atomic E-state index is 9.79. The fourth-order valence-electron chi connectivity index (χ4n) is 2.22. The van der Waals surface area contributed by atoms with Crippen LogP contribution in [0.5, 0.6) is 0 Å². The summed E-state index contributed by atoms with van der Waals surface area (Å²) in [5, 5.41) is 38.2. The van der Waals surface area contributed by atoms with E-state index in [2.05, 4.69) is 5.92 Å². The SMILES string of the molecule is C#CCOCCOCCOCCOCCO[C@@H]1O[C@H](CO)[C@@H](O)[C@H](O)[C@H]1O. The van der Waals surface area contributed by atoms with Crippen LogP contribution in [0.3, 0.4) is 0 Å². The molecule has 10 heteroatoms. The van der Waals surface area contributed by atoms with Gasteiger partial charge < -0.3 is 48.8 Å². The van der Waals surface area contributed by atoms with Crippen molar-refractivity contribution in [1.29, 1.82) is 0 Å². The molecule has 0 bridgehead atoms. The summed E-state index contributed by atoms with van der Waals surface area (Å²) in [7, 11) is 0. The van der Waals surface area contributed by atoms with Crippen LogP contribution in [0.25, 0.3) is 0 Å². The first-order chi connectivity index (χ1) is 13.1. The van der Waals surface area contributed by atoms with Crippen molar-refractivity contribution in [3.63, 3.8) is 0 Å². The fourth-order valence-corrected chi connectivity index (χ4v) is 2.22. The Bertz CT molecular complexity index is 400. The number of terminal acetylenes is 1. The van der Waals surface area contributed by atoms with Gasteiger partial charge in [0.05, 0.1) is 59.5 Å². The molecular weight excluding hydrogens is 364 g/mol. The van der Waals surface area contributed by atoms with Gasteiger partial charge in [0, 0.05) is 0 Å². The van der Waals surface area contributed by atoms with E-state index in [0.717, 1.165) is 0 Å². The van der Waals surface area contributed by atoms with Crippen LogP contribution in [0.4, 0.5) is 0 Å². The lowest BCUT2D eigenvalue weighted by atomic mass is 9.99. The Morgan fingerprint density at radius 2 is 1.26 bits per heavy atom. The molecule has 1 aliphatic rings. The number of hydrogen-bond donors (Lipinski definition) is 4. The minimum atomic E-state index is -1.46. The van der Waals surface area contributed by atoms with Crippen LogP contribution >= 0.6 is 0 Å². The number of rotatable bonds is 15. The van der Waals surface area contributed by atoms with E-state index in [9.17, 15) is 15.3 Å². The van der Waals surface area contributed by atoms with Crippen LogP contribution < -0.4 is 0 Å². The van der Waals surface area contributed by atoms with Gasteiger partial charge >= 0.3 is 0 Å². The summed E-state index contributed by atoms with van der Waals surface area (Å²) < 4.78 is 31.4. The largest absolute Gasteiger partial charge is 0.394 e. The highest BCUT2D eigenvalue weighted by Gasteiger charge is 2.43. The lowest BCUT2D eigenvalue weighted by Crippen LogP contribution is -2.59. The lowest BCUT2D eigenvalue weighted by Gasteiger charge is -2.39. The molecule has 10 nitrogen and oxygen atoms in total. The zero-order valence-corrected chi connectivity index (χ0v) is 15.3. The summed E-state index contributed by atoms with van der Waals surface area (Å²) >= 11 is 0. The van der Waals surface area contributed by atoms with Crippen molar-refractivity contribution >= 4 is 0 Å². The van der Waals surface area contributed by atoms with E-state index < -0.39 is 37.3 Å². The Balaban J connectivity index is 1.93. The highest BCUT2D eigenvalue weighted by molar-refractivity contribution is 4.88. The van der Waals surface area contributed by atoms with Crippen molar-refractivity contribution in [3.05, 3.63) is 0 Å². The zero-order chi connectivity index (χ0) is 19.9. The first-order valence-corrected chi connectivity index (χ1v) is 8.78. The summed E-state index contributed by atoms with van der Waals surface area (Å²) in [6.07, 6.45) is -1.39. The van der Waals surface area contributed by atoms with Crippen molar-refractivity contribution in [2.45, 2.75) is 30.7 Å². The van der Waals surface area contributed by atoms with Crippen LogP contribution in [0.2, 0.25) is 0 Å². The van der Waals surface area contributed by atoms with Crippen LogP contribution in [0, 0.1) is 12.3 Å². The van der Waals surface area contributed by atoms with E-state index in [1.807, 2.05) is 0 Å². The third-order valence-electron chi connectivity index (χ3n) is 3.66. The molecule has 1 rings (SSSR count). The molecule has 0 radical (unpaired) electrons. The predicted molar refractivity (Wildman–Crippen MR) is 91.8 cm³/mol. The van der Waals surface area contributed by atoms with E-state index >= 15 is 0 Å². The first kappa shape index (κ1) is 24.2. The summed E-state index contributed by atoms with van der Waals surface area (Å²) in [6.45, 7) is 2.61. The van der Waals surface area contributed by atoms with Gasteiger partial charge in [0.2, 0.25) is 0 Å². The summed E-state index contributed by atoms with van der Waals surface area (Å²) in [5.74, 6) is 2.36. The Hall–Kier alpha value is -0.840. The highest BCUT2D eigenvalue weighted by Crippen LogP contribution is 2.21. The van der Waals surface area contributed by atoms with Gasteiger partial charge in [-0.15, -0.1) is 6.42 Å². The van der Waals surface area contributed by atoms with Gasteiger partial charge in [-0.1, -0.05) is 5.92 Å². The molecule has 0 aromatic heterocycles. The lowest BCUT2D eigenvalue weighted by molar-refractivity contribution is -0.302. The molecule has 0 amide bonds. The van der Waals surface area contributed by atoms with E-state index in [0.29, 0.717) is 39.6 Å². The molecule has 0 aromatic carbocycles. The van der Waals surface area contributed by atoms with Crippen molar-refractivity contribution in [3.8, 4) is 12.3 Å². The highest BCUT2D eigenvalue weighted by atomic mass is 16.7. The van der Waals surface area contributed by atoms with Crippen LogP contribution in [0.1, 0.15) is 0 Å². The van der Waals surface area contributed by atoms with Gasteiger partial charge in [-0.2, -0.15) is 0 Å². The second kappa shape index (κ2) is 15.1. The minimum Gasteiger partial charge on any atom is -0.394 e. The Labute approximate surface area is 158 Å². The molecule has 0 saturated carbocycles. The average Bonchev–Trinajstić information content (AvgIpc) is 2.68. The van der Waals surface area contributed by atoms with Crippen molar-refractivity contribution in [1.82, 2.24) is 0 Å². The standard InChI is InChI=1S/C17H30O10/c1-2-3-22-4-5-23-6-7-24-8-9-25-10-11-26-17-16(21)15(20)14(19)13(12-18)27-17/h1,13-21H,3-12H2/t13-,14-,15+,16-,17-/m1/s1. The van der Waals surface area contributed by atoms with Gasteiger partial charge in [0.15, 0.2) is 6.29 Å². The molecule has 5 atom stereocenters. The first-order valence-electron chi connectivity index (χ1n) is 8.78. The average molecular weight is 394 g/mol. The summed E-state index contributed by atoms with van der Waals surface area (Å²) in [6, 6.07) is 0. The summed E-state index contributed by atoms with van der Waals surface area (Å²) in [5.41, 5.74) is 0. The van der Waals surface area contributed by atoms with Gasteiger partial charge in [0.1, 0.15) is 31.0 Å². The maximum atomic E-state index is 9.79. The Kier molecular flexibility index (Phi) is 13.6. The number of ether oxygens (including phenoxy) is 6. The van der Waals surface area contributed by atoms with E-state index in [1.165, 1.54) is 0 Å². The molecule has 158 valence electrons. The molecule has 1 fully saturated rings. The number of aliphatic hydroxyl groups excluding tert-OH is 4. The van der Waals surface area contributed by atoms with Crippen molar-refractivity contribution in [2.24, 2.45) is 0 Å². The molecule has 0 unspecified atom stereocenters. The number of hydrogen-bond acceptors (Lipinski definition) is 10. The Morgan fingerprint density at radius 3 is 1.78 bits per heavy atom. The molecule has 27 heavy (non-hydrogen) atoms. The van der Waals surface area contributed by atoms with E-state index in [1.54, 1.807) is 0 Å². The predicted octanol–water partition coefficient (Wildman–Crippen LogP) is -2.50. The third-order valence-corrected chi connectivity index (χ3v) is 3.66. The molecule has 1 aliphatic heterocycles. The second-order valence-electron chi connectivity index (χ2n) is 5.66. The number of aliphatic hydroxyl groups is 4. The monoisotopic (exact) mass is 394 g/mol. The molecule has 1 heterocycles. The molecular formula is C17H30O10. The quantitative estimate of drug-likeness (QED) is 0.174. The molecule has 0 aromatic rings. The Morgan fingerprint density at radius 1 is 0.741 bits per heavy atom. The molecule has 4 N–H and O–H groups in total. The molecule has 1 saturated heterocycles. The fraction of sp³-hybridized carbons (Fsp3) is 0.882. The zero-order valence-electron chi connectivity index (χ0n) is 15.3. The van der Waals surface area contributed by atoms with Crippen molar-refractivity contribution in [2.75, 3.05) is 66.1 Å². The second-order valence-corrected chi connectivity index (χ2v) is 5.66. The van der Waals surface area contributed by atoms with Gasteiger partial charge in [0.25, 0.3) is 0 Å². The topological polar surface area (TPSA) is 136 Å². The maximum Gasteiger partial charge on any atom is 0.186 e. The normalized spacial score (nSPS) is 28.2. The summed E-state index contributed by atoms with van der Waals surface area (Å²) in [4.78, 5) is 0. The molecule has 0 spiro atoms. The minimum absolute atomic E-state index is 0.101. The van der Waals surface area contributed by atoms with E-state index in [-0.39, 0.29) is 19.8 Å². The smallest absolute Gasteiger partial charge is 0.186 e. The third kappa shape index (κ3) is 9.77. The van der Waals surface area contributed by atoms with Crippen LogP contribution in [0.15, 0.2) is 0 Å².